The number of halogens is 1. The van der Waals surface area contributed by atoms with Crippen LogP contribution in [0.15, 0.2) is 45.0 Å². The summed E-state index contributed by atoms with van der Waals surface area (Å²) in [7, 11) is 0. The molecule has 1 fully saturated rings. The normalized spacial score (nSPS) is 18.0. The second kappa shape index (κ2) is 8.23. The molecule has 1 amide bonds. The van der Waals surface area contributed by atoms with E-state index in [1.165, 1.54) is 24.4 Å². The number of furan rings is 1. The molecule has 3 rings (SSSR count). The average Bonchev–Trinajstić information content (AvgIpc) is 3.21. The van der Waals surface area contributed by atoms with Gasteiger partial charge in [0, 0.05) is 17.7 Å². The van der Waals surface area contributed by atoms with E-state index in [0.29, 0.717) is 17.1 Å². The predicted molar refractivity (Wildman–Crippen MR) is 103 cm³/mol. The maximum atomic E-state index is 11.6. The van der Waals surface area contributed by atoms with Crippen molar-refractivity contribution in [2.75, 3.05) is 0 Å². The number of amidine groups is 1. The molecule has 1 unspecified atom stereocenters. The van der Waals surface area contributed by atoms with Crippen molar-refractivity contribution in [3.8, 4) is 11.3 Å². The van der Waals surface area contributed by atoms with Gasteiger partial charge in [0.15, 0.2) is 5.17 Å². The summed E-state index contributed by atoms with van der Waals surface area (Å²) in [5, 5.41) is 29.2. The molecule has 0 saturated carbocycles. The summed E-state index contributed by atoms with van der Waals surface area (Å²) in [6.07, 6.45) is 0.990. The van der Waals surface area contributed by atoms with E-state index < -0.39 is 22.0 Å². The summed E-state index contributed by atoms with van der Waals surface area (Å²) in [5.74, 6) is -0.788. The van der Waals surface area contributed by atoms with Crippen molar-refractivity contribution < 1.29 is 24.0 Å². The molecule has 0 radical (unpaired) electrons. The van der Waals surface area contributed by atoms with Crippen LogP contribution in [0.2, 0.25) is 5.02 Å². The van der Waals surface area contributed by atoms with Crippen molar-refractivity contribution in [3.63, 3.8) is 0 Å². The van der Waals surface area contributed by atoms with E-state index in [-0.39, 0.29) is 22.3 Å². The van der Waals surface area contributed by atoms with E-state index in [1.54, 1.807) is 12.1 Å². The number of nitro benzene ring substituents is 1. The molecule has 1 aliphatic heterocycles. The smallest absolute Gasteiger partial charge is 0.305 e. The summed E-state index contributed by atoms with van der Waals surface area (Å²) >= 11 is 7.05. The van der Waals surface area contributed by atoms with Crippen molar-refractivity contribution in [2.45, 2.75) is 11.7 Å². The third-order valence-corrected chi connectivity index (χ3v) is 4.91. The number of non-ortho nitro benzene ring substituents is 1. The number of aliphatic carboxylic acids is 1. The van der Waals surface area contributed by atoms with E-state index >= 15 is 0 Å². The number of rotatable bonds is 6. The van der Waals surface area contributed by atoms with Crippen LogP contribution in [-0.2, 0) is 9.59 Å². The van der Waals surface area contributed by atoms with Gasteiger partial charge in [0.1, 0.15) is 16.8 Å². The number of carboxylic acids is 1. The molecule has 144 valence electrons. The van der Waals surface area contributed by atoms with Crippen LogP contribution in [0.4, 0.5) is 5.69 Å². The summed E-state index contributed by atoms with van der Waals surface area (Å²) < 4.78 is 5.57. The molecule has 1 saturated heterocycles. The predicted octanol–water partition coefficient (Wildman–Crippen LogP) is 2.90. The van der Waals surface area contributed by atoms with Gasteiger partial charge in [-0.3, -0.25) is 19.7 Å². The number of carboxylic acid groups (broad SMARTS) is 1. The number of nitro groups is 1. The number of benzene rings is 1. The van der Waals surface area contributed by atoms with E-state index in [4.69, 9.17) is 21.1 Å². The monoisotopic (exact) mass is 422 g/mol. The molecule has 2 heterocycles. The molecule has 1 atom stereocenters. The van der Waals surface area contributed by atoms with Crippen LogP contribution in [-0.4, -0.2) is 38.5 Å². The van der Waals surface area contributed by atoms with Crippen LogP contribution in [0.25, 0.3) is 11.3 Å². The minimum absolute atomic E-state index is 0.129. The fraction of sp³-hybridized carbons (Fsp3) is 0.125. The molecular formula is C16H11ClN4O6S. The van der Waals surface area contributed by atoms with Gasteiger partial charge in [0.25, 0.3) is 5.69 Å². The molecule has 0 bridgehead atoms. The van der Waals surface area contributed by atoms with Gasteiger partial charge in [-0.2, -0.15) is 5.10 Å². The maximum absolute atomic E-state index is 11.6. The number of thioether (sulfide) groups is 1. The molecule has 12 heteroatoms. The number of nitrogens with zero attached hydrogens (tertiary/aromatic N) is 3. The maximum Gasteiger partial charge on any atom is 0.305 e. The molecule has 0 aliphatic carbocycles. The van der Waals surface area contributed by atoms with Gasteiger partial charge in [-0.05, 0) is 18.2 Å². The first-order chi connectivity index (χ1) is 13.3. The van der Waals surface area contributed by atoms with Crippen molar-refractivity contribution >= 4 is 52.3 Å². The Labute approximate surface area is 166 Å². The number of carbonyl (C=O) groups excluding carboxylic acids is 1. The molecule has 2 aromatic rings. The number of hydrogen-bond donors (Lipinski definition) is 2. The first kappa shape index (κ1) is 19.6. The van der Waals surface area contributed by atoms with Gasteiger partial charge >= 0.3 is 5.97 Å². The lowest BCUT2D eigenvalue weighted by atomic mass is 10.1. The highest BCUT2D eigenvalue weighted by Gasteiger charge is 2.32. The van der Waals surface area contributed by atoms with E-state index in [2.05, 4.69) is 15.5 Å². The zero-order chi connectivity index (χ0) is 20.3. The van der Waals surface area contributed by atoms with Crippen LogP contribution < -0.4 is 5.32 Å². The Morgan fingerprint density at radius 1 is 1.43 bits per heavy atom. The zero-order valence-electron chi connectivity index (χ0n) is 13.9. The molecule has 1 aromatic heterocycles. The zero-order valence-corrected chi connectivity index (χ0v) is 15.4. The third-order valence-electron chi connectivity index (χ3n) is 3.53. The first-order valence-corrected chi connectivity index (χ1v) is 8.93. The van der Waals surface area contributed by atoms with Crippen molar-refractivity contribution in [1.29, 1.82) is 0 Å². The summed E-state index contributed by atoms with van der Waals surface area (Å²) in [6.45, 7) is 0. The largest absolute Gasteiger partial charge is 0.481 e. The SMILES string of the molecule is O=C(O)CC1S/C(=N/N=Cc2ccc(-c3ccc([N+](=O)[O-])cc3Cl)o2)NC1=O. The number of nitrogens with one attached hydrogen (secondary N) is 1. The van der Waals surface area contributed by atoms with Gasteiger partial charge in [0.05, 0.1) is 22.6 Å². The molecule has 0 spiro atoms. The van der Waals surface area contributed by atoms with Crippen LogP contribution >= 0.6 is 23.4 Å². The van der Waals surface area contributed by atoms with Crippen LogP contribution in [0, 0.1) is 10.1 Å². The number of hydrogen-bond acceptors (Lipinski definition) is 8. The first-order valence-electron chi connectivity index (χ1n) is 7.68. The Kier molecular flexibility index (Phi) is 5.76. The highest BCUT2D eigenvalue weighted by Crippen LogP contribution is 2.32. The second-order valence-electron chi connectivity index (χ2n) is 5.47. The standard InChI is InChI=1S/C16H11ClN4O6S/c17-11-5-8(21(25)26)1-3-10(11)12-4-2-9(27-12)7-18-20-16-19-15(24)13(28-16)6-14(22)23/h1-5,7,13H,6H2,(H,22,23)(H,19,20,24). The van der Waals surface area contributed by atoms with E-state index in [1.807, 2.05) is 0 Å². The Bertz CT molecular complexity index is 1020. The highest BCUT2D eigenvalue weighted by atomic mass is 35.5. The average molecular weight is 423 g/mol. The fourth-order valence-corrected chi connectivity index (χ4v) is 3.45. The highest BCUT2D eigenvalue weighted by molar-refractivity contribution is 8.15. The van der Waals surface area contributed by atoms with Gasteiger partial charge in [-0.1, -0.05) is 23.4 Å². The van der Waals surface area contributed by atoms with E-state index in [9.17, 15) is 19.7 Å². The summed E-state index contributed by atoms with van der Waals surface area (Å²) in [6, 6.07) is 7.25. The van der Waals surface area contributed by atoms with Crippen molar-refractivity contribution in [2.24, 2.45) is 10.2 Å². The third kappa shape index (κ3) is 4.56. The Morgan fingerprint density at radius 3 is 2.89 bits per heavy atom. The Balaban J connectivity index is 1.69. The minimum Gasteiger partial charge on any atom is -0.481 e. The van der Waals surface area contributed by atoms with Gasteiger partial charge in [-0.15, -0.1) is 5.10 Å². The topological polar surface area (TPSA) is 147 Å². The molecule has 2 N–H and O–H groups in total. The molecular weight excluding hydrogens is 412 g/mol. The number of amides is 1. The van der Waals surface area contributed by atoms with E-state index in [0.717, 1.165) is 11.8 Å². The van der Waals surface area contributed by atoms with Crippen LogP contribution in [0.5, 0.6) is 0 Å². The Morgan fingerprint density at radius 2 is 2.21 bits per heavy atom. The van der Waals surface area contributed by atoms with Crippen LogP contribution in [0.1, 0.15) is 12.2 Å². The molecule has 1 aliphatic rings. The summed E-state index contributed by atoms with van der Waals surface area (Å²) in [4.78, 5) is 32.5. The lowest BCUT2D eigenvalue weighted by molar-refractivity contribution is -0.384. The quantitative estimate of drug-likeness (QED) is 0.413. The van der Waals surface area contributed by atoms with Crippen molar-refractivity contribution in [3.05, 3.63) is 51.2 Å². The van der Waals surface area contributed by atoms with Crippen LogP contribution in [0.3, 0.4) is 0 Å². The second-order valence-corrected chi connectivity index (χ2v) is 7.07. The number of carbonyl (C=O) groups is 2. The lowest BCUT2D eigenvalue weighted by Gasteiger charge is -2.00. The van der Waals surface area contributed by atoms with Gasteiger partial charge < -0.3 is 14.8 Å². The molecule has 1 aromatic carbocycles. The molecule has 28 heavy (non-hydrogen) atoms. The van der Waals surface area contributed by atoms with Gasteiger partial charge in [0.2, 0.25) is 5.91 Å². The van der Waals surface area contributed by atoms with Crippen molar-refractivity contribution in [1.82, 2.24) is 5.32 Å². The minimum atomic E-state index is -1.08. The lowest BCUT2D eigenvalue weighted by Crippen LogP contribution is -2.26. The fourth-order valence-electron chi connectivity index (χ4n) is 2.27. The molecule has 10 nitrogen and oxygen atoms in total. The van der Waals surface area contributed by atoms with Gasteiger partial charge in [-0.25, -0.2) is 0 Å². The summed E-state index contributed by atoms with van der Waals surface area (Å²) in [5.41, 5.74) is 0.351. The Hall–Kier alpha value is -3.18.